The third kappa shape index (κ3) is 3.15. The van der Waals surface area contributed by atoms with Crippen molar-refractivity contribution in [1.82, 2.24) is 14.9 Å². The highest BCUT2D eigenvalue weighted by atomic mass is 32.2. The Labute approximate surface area is 170 Å². The number of thioether (sulfide) groups is 1. The molecule has 1 aliphatic carbocycles. The van der Waals surface area contributed by atoms with Crippen LogP contribution in [0.2, 0.25) is 0 Å². The maximum atomic E-state index is 13.6. The minimum atomic E-state index is -0.736. The van der Waals surface area contributed by atoms with Gasteiger partial charge in [-0.05, 0) is 46.3 Å². The van der Waals surface area contributed by atoms with Crippen molar-refractivity contribution in [3.8, 4) is 0 Å². The van der Waals surface area contributed by atoms with Crippen LogP contribution in [0.5, 0.6) is 0 Å². The van der Waals surface area contributed by atoms with Crippen LogP contribution >= 0.6 is 11.8 Å². The van der Waals surface area contributed by atoms with Gasteiger partial charge in [-0.1, -0.05) is 24.6 Å². The average Bonchev–Trinajstić information content (AvgIpc) is 3.32. The Morgan fingerprint density at radius 2 is 2.04 bits per heavy atom. The summed E-state index contributed by atoms with van der Waals surface area (Å²) in [5, 5.41) is 0.716. The molecule has 8 heteroatoms. The Balaban J connectivity index is 1.69. The first kappa shape index (κ1) is 19.5. The zero-order valence-corrected chi connectivity index (χ0v) is 17.8. The van der Waals surface area contributed by atoms with Crippen LogP contribution in [-0.2, 0) is 16.0 Å². The van der Waals surface area contributed by atoms with Crippen LogP contribution in [0.25, 0.3) is 0 Å². The van der Waals surface area contributed by atoms with E-state index < -0.39 is 17.2 Å². The highest BCUT2D eigenvalue weighted by Gasteiger charge is 2.59. The number of amides is 2. The predicted molar refractivity (Wildman–Crippen MR) is 108 cm³/mol. The van der Waals surface area contributed by atoms with Crippen molar-refractivity contribution < 1.29 is 14.3 Å². The molecule has 0 N–H and O–H groups in total. The fourth-order valence-electron chi connectivity index (χ4n) is 4.74. The van der Waals surface area contributed by atoms with Crippen molar-refractivity contribution in [1.29, 1.82) is 0 Å². The Bertz CT molecular complexity index is 803. The number of fused-ring (bicyclic) bond motifs is 1. The summed E-state index contributed by atoms with van der Waals surface area (Å²) in [6, 6.07) is 0.286. The first-order chi connectivity index (χ1) is 13.2. The molecule has 7 nitrogen and oxygen atoms in total. The van der Waals surface area contributed by atoms with Gasteiger partial charge in [-0.25, -0.2) is 19.7 Å². The van der Waals surface area contributed by atoms with Crippen LogP contribution in [0.4, 0.5) is 10.6 Å². The van der Waals surface area contributed by atoms with Crippen molar-refractivity contribution in [2.24, 2.45) is 0 Å². The molecule has 3 aliphatic rings. The van der Waals surface area contributed by atoms with Gasteiger partial charge >= 0.3 is 6.09 Å². The number of nitrogens with zero attached hydrogens (tertiary/aromatic N) is 4. The normalized spacial score (nSPS) is 25.1. The minimum absolute atomic E-state index is 0.155. The van der Waals surface area contributed by atoms with Crippen LogP contribution in [0.15, 0.2) is 11.4 Å². The second kappa shape index (κ2) is 6.90. The number of hydrogen-bond acceptors (Lipinski definition) is 7. The van der Waals surface area contributed by atoms with Crippen LogP contribution in [0.1, 0.15) is 58.4 Å². The largest absolute Gasteiger partial charge is 0.443 e. The van der Waals surface area contributed by atoms with Crippen molar-refractivity contribution in [2.45, 2.75) is 81.6 Å². The van der Waals surface area contributed by atoms with Gasteiger partial charge in [0.2, 0.25) is 0 Å². The number of hydrogen-bond donors (Lipinski definition) is 0. The lowest BCUT2D eigenvalue weighted by atomic mass is 9.91. The maximum Gasteiger partial charge on any atom is 0.417 e. The molecule has 0 bridgehead atoms. The molecular formula is C20H28N4O3S. The lowest BCUT2D eigenvalue weighted by Gasteiger charge is -2.39. The fourth-order valence-corrected chi connectivity index (χ4v) is 5.07. The van der Waals surface area contributed by atoms with Gasteiger partial charge in [0.1, 0.15) is 17.0 Å². The molecule has 0 aromatic carbocycles. The van der Waals surface area contributed by atoms with Gasteiger partial charge < -0.3 is 9.64 Å². The summed E-state index contributed by atoms with van der Waals surface area (Å²) in [4.78, 5) is 38.9. The second-order valence-corrected chi connectivity index (χ2v) is 9.68. The molecule has 0 unspecified atom stereocenters. The van der Waals surface area contributed by atoms with E-state index in [1.54, 1.807) is 0 Å². The Hall–Kier alpha value is -1.83. The highest BCUT2D eigenvalue weighted by Crippen LogP contribution is 2.47. The average molecular weight is 405 g/mol. The second-order valence-electron chi connectivity index (χ2n) is 8.91. The molecule has 28 heavy (non-hydrogen) atoms. The summed E-state index contributed by atoms with van der Waals surface area (Å²) in [6.45, 7) is 5.83. The Morgan fingerprint density at radius 1 is 1.32 bits per heavy atom. The zero-order valence-electron chi connectivity index (χ0n) is 17.0. The van der Waals surface area contributed by atoms with Crippen LogP contribution < -0.4 is 4.90 Å². The highest BCUT2D eigenvalue weighted by molar-refractivity contribution is 7.98. The summed E-state index contributed by atoms with van der Waals surface area (Å²) in [5.74, 6) is 0.725. The van der Waals surface area contributed by atoms with E-state index in [1.807, 2.05) is 33.2 Å². The number of anilines is 1. The topological polar surface area (TPSA) is 75.6 Å². The van der Waals surface area contributed by atoms with Gasteiger partial charge in [0, 0.05) is 30.8 Å². The molecule has 1 aromatic heterocycles. The molecule has 1 aromatic rings. The summed E-state index contributed by atoms with van der Waals surface area (Å²) in [6.07, 6.45) is 8.86. The van der Waals surface area contributed by atoms with E-state index in [2.05, 4.69) is 9.88 Å². The van der Waals surface area contributed by atoms with Gasteiger partial charge in [0.05, 0.1) is 0 Å². The third-order valence-corrected chi connectivity index (χ3v) is 6.43. The molecule has 152 valence electrons. The summed E-state index contributed by atoms with van der Waals surface area (Å²) < 4.78 is 5.49. The van der Waals surface area contributed by atoms with Gasteiger partial charge in [-0.15, -0.1) is 0 Å². The van der Waals surface area contributed by atoms with Crippen LogP contribution in [-0.4, -0.2) is 56.9 Å². The zero-order chi connectivity index (χ0) is 20.1. The lowest BCUT2D eigenvalue weighted by molar-refractivity contribution is -0.131. The van der Waals surface area contributed by atoms with Gasteiger partial charge in [-0.3, -0.25) is 4.79 Å². The summed E-state index contributed by atoms with van der Waals surface area (Å²) in [7, 11) is 0. The lowest BCUT2D eigenvalue weighted by Crippen LogP contribution is -2.57. The first-order valence-corrected chi connectivity index (χ1v) is 11.2. The number of ether oxygens (including phenoxy) is 1. The van der Waals surface area contributed by atoms with Gasteiger partial charge in [-0.2, -0.15) is 0 Å². The number of rotatable bonds is 2. The molecule has 0 radical (unpaired) electrons. The van der Waals surface area contributed by atoms with E-state index >= 15 is 0 Å². The van der Waals surface area contributed by atoms with Gasteiger partial charge in [0.25, 0.3) is 5.91 Å². The number of carbonyl (C=O) groups is 2. The quantitative estimate of drug-likeness (QED) is 0.552. The summed E-state index contributed by atoms with van der Waals surface area (Å²) >= 11 is 1.50. The molecule has 1 saturated heterocycles. The number of imide groups is 1. The van der Waals surface area contributed by atoms with E-state index in [9.17, 15) is 9.59 Å². The molecule has 1 saturated carbocycles. The maximum absolute atomic E-state index is 13.6. The summed E-state index contributed by atoms with van der Waals surface area (Å²) in [5.41, 5.74) is -0.362. The molecule has 2 aliphatic heterocycles. The van der Waals surface area contributed by atoms with Crippen molar-refractivity contribution >= 4 is 29.6 Å². The van der Waals surface area contributed by atoms with Crippen LogP contribution in [0.3, 0.4) is 0 Å². The minimum Gasteiger partial charge on any atom is -0.443 e. The van der Waals surface area contributed by atoms with Gasteiger partial charge in [0.15, 0.2) is 5.16 Å². The number of carbonyl (C=O) groups excluding carboxylic acids is 2. The number of aromatic nitrogens is 2. The molecule has 4 rings (SSSR count). The molecular weight excluding hydrogens is 376 g/mol. The fraction of sp³-hybridized carbons (Fsp3) is 0.700. The van der Waals surface area contributed by atoms with Crippen molar-refractivity contribution in [3.05, 3.63) is 11.8 Å². The van der Waals surface area contributed by atoms with E-state index in [0.29, 0.717) is 24.5 Å². The number of likely N-dealkylation sites (tertiary alicyclic amines) is 1. The Kier molecular flexibility index (Phi) is 4.80. The van der Waals surface area contributed by atoms with Crippen molar-refractivity contribution in [2.75, 3.05) is 17.7 Å². The van der Waals surface area contributed by atoms with E-state index in [1.165, 1.54) is 16.7 Å². The van der Waals surface area contributed by atoms with E-state index in [0.717, 1.165) is 37.1 Å². The smallest absolute Gasteiger partial charge is 0.417 e. The van der Waals surface area contributed by atoms with Crippen molar-refractivity contribution in [3.63, 3.8) is 0 Å². The molecule has 2 fully saturated rings. The van der Waals surface area contributed by atoms with Crippen LogP contribution in [0, 0.1) is 0 Å². The molecule has 1 atom stereocenters. The molecule has 2 amide bonds. The molecule has 3 heterocycles. The predicted octanol–water partition coefficient (Wildman–Crippen LogP) is 3.41. The van der Waals surface area contributed by atoms with E-state index in [4.69, 9.17) is 9.72 Å². The first-order valence-electron chi connectivity index (χ1n) is 9.99. The SMILES string of the molecule is CSc1ncc2c(n1)N(C1CCCC1)[C@@]1(CCN(C(=O)OC(C)(C)C)C1=O)C2. The monoisotopic (exact) mass is 404 g/mol. The Morgan fingerprint density at radius 3 is 2.68 bits per heavy atom. The molecule has 1 spiro atoms. The third-order valence-electron chi connectivity index (χ3n) is 5.87. The van der Waals surface area contributed by atoms with E-state index in [-0.39, 0.29) is 11.9 Å². The standard InChI is InChI=1S/C20H28N4O3S/c1-19(2,3)27-18(26)23-10-9-20(16(23)25)11-13-12-21-17(28-4)22-15(13)24(20)14-7-5-6-8-14/h12,14H,5-11H2,1-4H3/t20-/m0/s1.